The molecule has 2 aromatic rings. The number of rotatable bonds is 10. The quantitative estimate of drug-likeness (QED) is 0.477. The topological polar surface area (TPSA) is 94.5 Å². The number of hydrogen-bond acceptors (Lipinski definition) is 7. The molecule has 7 nitrogen and oxygen atoms in total. The van der Waals surface area contributed by atoms with Crippen molar-refractivity contribution in [2.45, 2.75) is 12.2 Å². The molecule has 0 amide bonds. The van der Waals surface area contributed by atoms with Crippen LogP contribution in [0.3, 0.4) is 0 Å². The predicted octanol–water partition coefficient (Wildman–Crippen LogP) is 2.75. The number of carbonyl (C=O) groups excluding carboxylic acids is 1. The second-order valence-corrected chi connectivity index (χ2v) is 5.83. The van der Waals surface area contributed by atoms with Crippen molar-refractivity contribution in [3.63, 3.8) is 0 Å². The van der Waals surface area contributed by atoms with E-state index in [9.17, 15) is 15.0 Å². The molecule has 0 fully saturated rings. The molecule has 2 rings (SSSR count). The molecule has 0 radical (unpaired) electrons. The van der Waals surface area contributed by atoms with Crippen molar-refractivity contribution in [1.29, 1.82) is 0 Å². The highest BCUT2D eigenvalue weighted by molar-refractivity contribution is 5.74. The third kappa shape index (κ3) is 5.03. The van der Waals surface area contributed by atoms with E-state index < -0.39 is 12.2 Å². The lowest BCUT2D eigenvalue weighted by atomic mass is 10.0. The summed E-state index contributed by atoms with van der Waals surface area (Å²) in [6.07, 6.45) is 2.35. The highest BCUT2D eigenvalue weighted by Gasteiger charge is 2.27. The second-order valence-electron chi connectivity index (χ2n) is 5.83. The fourth-order valence-corrected chi connectivity index (χ4v) is 2.70. The molecule has 0 bridgehead atoms. The van der Waals surface area contributed by atoms with Crippen LogP contribution in [0.5, 0.6) is 23.0 Å². The van der Waals surface area contributed by atoms with Crippen LogP contribution in [0.4, 0.5) is 0 Å². The molecule has 0 saturated carbocycles. The average Bonchev–Trinajstić information content (AvgIpc) is 2.73. The number of phenols is 1. The van der Waals surface area contributed by atoms with Crippen LogP contribution in [-0.2, 0) is 9.53 Å². The van der Waals surface area contributed by atoms with E-state index in [2.05, 4.69) is 0 Å². The van der Waals surface area contributed by atoms with Crippen LogP contribution < -0.4 is 14.2 Å². The third-order valence-electron chi connectivity index (χ3n) is 4.16. The standard InChI is InChI=1S/C21H24O7/c1-25-18-12-15(7-8-16(18)24)21(20(13-23)27-3)28-17-9-6-14(5-4-10-22)11-19(17)26-2/h4-12,20-21,23-24H,13H2,1-3H3/b5-4+/t20-,21+/m1/s1. The Morgan fingerprint density at radius 2 is 1.75 bits per heavy atom. The number of benzene rings is 2. The number of aliphatic hydroxyl groups is 1. The molecule has 2 atom stereocenters. The summed E-state index contributed by atoms with van der Waals surface area (Å²) in [5.41, 5.74) is 1.41. The molecule has 0 saturated heterocycles. The van der Waals surface area contributed by atoms with Gasteiger partial charge >= 0.3 is 0 Å². The van der Waals surface area contributed by atoms with E-state index in [4.69, 9.17) is 18.9 Å². The second kappa shape index (κ2) is 10.3. The maximum absolute atomic E-state index is 10.5. The number of methoxy groups -OCH3 is 3. The van der Waals surface area contributed by atoms with Crippen molar-refractivity contribution in [1.82, 2.24) is 0 Å². The van der Waals surface area contributed by atoms with Crippen LogP contribution in [0.25, 0.3) is 6.08 Å². The maximum atomic E-state index is 10.5. The van der Waals surface area contributed by atoms with E-state index in [1.165, 1.54) is 33.5 Å². The van der Waals surface area contributed by atoms with Crippen LogP contribution in [0.2, 0.25) is 0 Å². The van der Waals surface area contributed by atoms with Gasteiger partial charge in [-0.2, -0.15) is 0 Å². The first-order valence-corrected chi connectivity index (χ1v) is 8.55. The Morgan fingerprint density at radius 3 is 2.36 bits per heavy atom. The smallest absolute Gasteiger partial charge is 0.162 e. The van der Waals surface area contributed by atoms with E-state index in [-0.39, 0.29) is 18.1 Å². The Bertz CT molecular complexity index is 812. The first-order valence-electron chi connectivity index (χ1n) is 8.55. The largest absolute Gasteiger partial charge is 0.504 e. The number of aromatic hydroxyl groups is 1. The van der Waals surface area contributed by atoms with Gasteiger partial charge in [-0.1, -0.05) is 18.2 Å². The molecule has 0 aliphatic rings. The molecule has 7 heteroatoms. The number of phenolic OH excluding ortho intramolecular Hbond substituents is 1. The first-order chi connectivity index (χ1) is 13.6. The summed E-state index contributed by atoms with van der Waals surface area (Å²) in [5.74, 6) is 1.15. The van der Waals surface area contributed by atoms with E-state index in [1.807, 2.05) is 0 Å². The van der Waals surface area contributed by atoms with E-state index in [0.717, 1.165) is 5.56 Å². The molecule has 2 aromatic carbocycles. The number of allylic oxidation sites excluding steroid dienone is 1. The molecule has 150 valence electrons. The maximum Gasteiger partial charge on any atom is 0.162 e. The van der Waals surface area contributed by atoms with Crippen LogP contribution in [0.15, 0.2) is 42.5 Å². The number of aliphatic hydroxyl groups excluding tert-OH is 1. The molecule has 0 aliphatic carbocycles. The van der Waals surface area contributed by atoms with Crippen molar-refractivity contribution in [3.8, 4) is 23.0 Å². The van der Waals surface area contributed by atoms with Crippen molar-refractivity contribution < 1.29 is 34.0 Å². The van der Waals surface area contributed by atoms with Gasteiger partial charge in [0.15, 0.2) is 29.1 Å². The fourth-order valence-electron chi connectivity index (χ4n) is 2.70. The summed E-state index contributed by atoms with van der Waals surface area (Å²) in [6.45, 7) is -0.285. The number of ether oxygens (including phenoxy) is 4. The summed E-state index contributed by atoms with van der Waals surface area (Å²) in [5, 5.41) is 19.6. The van der Waals surface area contributed by atoms with Crippen molar-refractivity contribution in [2.24, 2.45) is 0 Å². The molecule has 0 aromatic heterocycles. The minimum Gasteiger partial charge on any atom is -0.504 e. The highest BCUT2D eigenvalue weighted by atomic mass is 16.6. The zero-order chi connectivity index (χ0) is 20.5. The molecular weight excluding hydrogens is 364 g/mol. The highest BCUT2D eigenvalue weighted by Crippen LogP contribution is 2.36. The normalized spacial score (nSPS) is 13.1. The lowest BCUT2D eigenvalue weighted by molar-refractivity contribution is -0.104. The Kier molecular flexibility index (Phi) is 7.86. The van der Waals surface area contributed by atoms with E-state index >= 15 is 0 Å². The number of aldehydes is 1. The summed E-state index contributed by atoms with van der Waals surface area (Å²) < 4.78 is 22.1. The van der Waals surface area contributed by atoms with Gasteiger partial charge in [0, 0.05) is 7.11 Å². The molecule has 0 unspecified atom stereocenters. The predicted molar refractivity (Wildman–Crippen MR) is 104 cm³/mol. The minimum atomic E-state index is -0.699. The minimum absolute atomic E-state index is 0.00753. The van der Waals surface area contributed by atoms with Crippen LogP contribution >= 0.6 is 0 Å². The molecule has 0 spiro atoms. The summed E-state index contributed by atoms with van der Waals surface area (Å²) >= 11 is 0. The zero-order valence-corrected chi connectivity index (χ0v) is 16.0. The van der Waals surface area contributed by atoms with Crippen molar-refractivity contribution in [3.05, 3.63) is 53.6 Å². The van der Waals surface area contributed by atoms with E-state index in [1.54, 1.807) is 36.4 Å². The Balaban J connectivity index is 2.43. The Hall–Kier alpha value is -3.03. The van der Waals surface area contributed by atoms with Crippen LogP contribution in [0, 0.1) is 0 Å². The Morgan fingerprint density at radius 1 is 1.00 bits per heavy atom. The average molecular weight is 388 g/mol. The molecular formula is C21H24O7. The van der Waals surface area contributed by atoms with Gasteiger partial charge in [-0.25, -0.2) is 0 Å². The number of carbonyl (C=O) groups is 1. The van der Waals surface area contributed by atoms with Gasteiger partial charge in [-0.05, 0) is 41.5 Å². The van der Waals surface area contributed by atoms with Crippen molar-refractivity contribution >= 4 is 12.4 Å². The monoisotopic (exact) mass is 388 g/mol. The molecule has 0 aliphatic heterocycles. The first kappa shape index (κ1) is 21.3. The van der Waals surface area contributed by atoms with Gasteiger partial charge in [0.25, 0.3) is 0 Å². The SMILES string of the molecule is COc1cc([C@H](Oc2ccc(/C=C/C=O)cc2OC)[C@@H](CO)OC)ccc1O. The van der Waals surface area contributed by atoms with Crippen LogP contribution in [-0.4, -0.2) is 50.5 Å². The van der Waals surface area contributed by atoms with Gasteiger partial charge in [0.1, 0.15) is 12.4 Å². The lowest BCUT2D eigenvalue weighted by Gasteiger charge is -2.27. The van der Waals surface area contributed by atoms with Gasteiger partial charge in [-0.15, -0.1) is 0 Å². The van der Waals surface area contributed by atoms with Gasteiger partial charge in [-0.3, -0.25) is 4.79 Å². The third-order valence-corrected chi connectivity index (χ3v) is 4.16. The van der Waals surface area contributed by atoms with Crippen LogP contribution in [0.1, 0.15) is 17.2 Å². The van der Waals surface area contributed by atoms with E-state index in [0.29, 0.717) is 23.3 Å². The number of hydrogen-bond donors (Lipinski definition) is 2. The fraction of sp³-hybridized carbons (Fsp3) is 0.286. The zero-order valence-electron chi connectivity index (χ0n) is 16.0. The van der Waals surface area contributed by atoms with Gasteiger partial charge in [0.2, 0.25) is 0 Å². The summed E-state index contributed by atoms with van der Waals surface area (Å²) in [7, 11) is 4.43. The Labute approximate surface area is 163 Å². The van der Waals surface area contributed by atoms with Gasteiger partial charge in [0.05, 0.1) is 20.8 Å². The van der Waals surface area contributed by atoms with Gasteiger partial charge < -0.3 is 29.2 Å². The molecule has 28 heavy (non-hydrogen) atoms. The lowest BCUT2D eigenvalue weighted by Crippen LogP contribution is -2.29. The molecule has 0 heterocycles. The van der Waals surface area contributed by atoms with Crippen molar-refractivity contribution in [2.75, 3.05) is 27.9 Å². The summed E-state index contributed by atoms with van der Waals surface area (Å²) in [4.78, 5) is 10.5. The molecule has 2 N–H and O–H groups in total. The summed E-state index contributed by atoms with van der Waals surface area (Å²) in [6, 6.07) is 9.97.